The van der Waals surface area contributed by atoms with Crippen molar-refractivity contribution in [2.24, 2.45) is 0 Å². The van der Waals surface area contributed by atoms with Gasteiger partial charge in [-0.15, -0.1) is 0 Å². The number of esters is 1. The maximum atomic E-state index is 11.4. The predicted molar refractivity (Wildman–Crippen MR) is 85.5 cm³/mol. The number of benzene rings is 2. The highest BCUT2D eigenvalue weighted by molar-refractivity contribution is 5.89. The van der Waals surface area contributed by atoms with Crippen molar-refractivity contribution in [3.63, 3.8) is 0 Å². The first-order chi connectivity index (χ1) is 11.2. The zero-order valence-electron chi connectivity index (χ0n) is 12.5. The van der Waals surface area contributed by atoms with Crippen LogP contribution in [0.1, 0.15) is 16.1 Å². The molecule has 0 aliphatic rings. The van der Waals surface area contributed by atoms with E-state index in [1.165, 1.54) is 7.11 Å². The van der Waals surface area contributed by atoms with Crippen molar-refractivity contribution in [2.75, 3.05) is 7.11 Å². The highest BCUT2D eigenvalue weighted by atomic mass is 16.5. The average molecular weight is 309 g/mol. The van der Waals surface area contributed by atoms with Gasteiger partial charge in [0.25, 0.3) is 0 Å². The summed E-state index contributed by atoms with van der Waals surface area (Å²) in [4.78, 5) is 15.8. The molecule has 0 amide bonds. The lowest BCUT2D eigenvalue weighted by atomic mass is 10.2. The number of nitrogens with zero attached hydrogens (tertiary/aromatic N) is 1. The minimum Gasteiger partial charge on any atom is -0.506 e. The minimum absolute atomic E-state index is 0.145. The second-order valence-electron chi connectivity index (χ2n) is 4.96. The Morgan fingerprint density at radius 1 is 1.09 bits per heavy atom. The first-order valence-electron chi connectivity index (χ1n) is 7.06. The van der Waals surface area contributed by atoms with Crippen molar-refractivity contribution in [3.8, 4) is 11.5 Å². The molecule has 23 heavy (non-hydrogen) atoms. The quantitative estimate of drug-likeness (QED) is 0.749. The van der Waals surface area contributed by atoms with E-state index in [1.807, 2.05) is 18.2 Å². The number of hydrogen-bond donors (Lipinski definition) is 1. The van der Waals surface area contributed by atoms with Gasteiger partial charge in [0.1, 0.15) is 23.6 Å². The summed E-state index contributed by atoms with van der Waals surface area (Å²) in [5.41, 5.74) is 1.72. The lowest BCUT2D eigenvalue weighted by molar-refractivity contribution is 0.0600. The molecule has 1 aromatic heterocycles. The SMILES string of the molecule is COC(=O)c1ccc(OCc2ccc3cccc(O)c3n2)cc1. The Morgan fingerprint density at radius 2 is 1.87 bits per heavy atom. The number of phenolic OH excluding ortho intramolecular Hbond substituents is 1. The van der Waals surface area contributed by atoms with Crippen LogP contribution in [-0.2, 0) is 11.3 Å². The Bertz CT molecular complexity index is 843. The van der Waals surface area contributed by atoms with Gasteiger partial charge in [0.2, 0.25) is 0 Å². The van der Waals surface area contributed by atoms with Gasteiger partial charge in [0, 0.05) is 5.39 Å². The van der Waals surface area contributed by atoms with E-state index in [4.69, 9.17) is 4.74 Å². The highest BCUT2D eigenvalue weighted by Gasteiger charge is 2.06. The Kier molecular flexibility index (Phi) is 4.10. The molecule has 0 bridgehead atoms. The lowest BCUT2D eigenvalue weighted by Crippen LogP contribution is -2.02. The molecule has 0 radical (unpaired) electrons. The molecule has 1 heterocycles. The van der Waals surface area contributed by atoms with Gasteiger partial charge in [0.05, 0.1) is 18.4 Å². The first kappa shape index (κ1) is 14.8. The Balaban J connectivity index is 1.73. The summed E-state index contributed by atoms with van der Waals surface area (Å²) in [7, 11) is 1.34. The van der Waals surface area contributed by atoms with Gasteiger partial charge in [-0.2, -0.15) is 0 Å². The van der Waals surface area contributed by atoms with Gasteiger partial charge >= 0.3 is 5.97 Å². The van der Waals surface area contributed by atoms with E-state index in [-0.39, 0.29) is 18.3 Å². The Morgan fingerprint density at radius 3 is 2.61 bits per heavy atom. The number of methoxy groups -OCH3 is 1. The summed E-state index contributed by atoms with van der Waals surface area (Å²) in [6.45, 7) is 0.266. The summed E-state index contributed by atoms with van der Waals surface area (Å²) in [5, 5.41) is 10.7. The molecule has 0 saturated heterocycles. The number of rotatable bonds is 4. The average Bonchev–Trinajstić information content (AvgIpc) is 2.60. The van der Waals surface area contributed by atoms with E-state index in [1.54, 1.807) is 36.4 Å². The number of fused-ring (bicyclic) bond motifs is 1. The summed E-state index contributed by atoms with van der Waals surface area (Å²) in [6.07, 6.45) is 0. The van der Waals surface area contributed by atoms with Crippen LogP contribution in [0.25, 0.3) is 10.9 Å². The van der Waals surface area contributed by atoms with E-state index < -0.39 is 0 Å². The summed E-state index contributed by atoms with van der Waals surface area (Å²) in [6, 6.07) is 15.7. The van der Waals surface area contributed by atoms with E-state index in [2.05, 4.69) is 9.72 Å². The summed E-state index contributed by atoms with van der Waals surface area (Å²) >= 11 is 0. The molecule has 1 N–H and O–H groups in total. The molecule has 2 aromatic carbocycles. The third kappa shape index (κ3) is 3.23. The van der Waals surface area contributed by atoms with Gasteiger partial charge in [0.15, 0.2) is 0 Å². The van der Waals surface area contributed by atoms with Gasteiger partial charge < -0.3 is 14.6 Å². The number of hydrogen-bond acceptors (Lipinski definition) is 5. The largest absolute Gasteiger partial charge is 0.506 e. The number of phenols is 1. The van der Waals surface area contributed by atoms with Crippen LogP contribution in [0, 0.1) is 0 Å². The van der Waals surface area contributed by atoms with E-state index in [9.17, 15) is 9.90 Å². The van der Waals surface area contributed by atoms with Crippen molar-refractivity contribution in [1.82, 2.24) is 4.98 Å². The van der Waals surface area contributed by atoms with Crippen LogP contribution in [0.15, 0.2) is 54.6 Å². The molecule has 0 spiro atoms. The van der Waals surface area contributed by atoms with Crippen LogP contribution in [0.5, 0.6) is 11.5 Å². The Hall–Kier alpha value is -3.08. The van der Waals surface area contributed by atoms with E-state index in [0.717, 1.165) is 5.39 Å². The maximum absolute atomic E-state index is 11.4. The standard InChI is InChI=1S/C18H15NO4/c1-22-18(21)13-6-9-15(10-7-13)23-11-14-8-5-12-3-2-4-16(20)17(12)19-14/h2-10,20H,11H2,1H3. The molecular formula is C18H15NO4. The molecule has 0 aliphatic carbocycles. The molecule has 0 unspecified atom stereocenters. The van der Waals surface area contributed by atoms with Crippen LogP contribution in [0.4, 0.5) is 0 Å². The molecule has 3 aromatic rings. The second-order valence-corrected chi connectivity index (χ2v) is 4.96. The van der Waals surface area contributed by atoms with E-state index >= 15 is 0 Å². The zero-order chi connectivity index (χ0) is 16.2. The van der Waals surface area contributed by atoms with Crippen LogP contribution < -0.4 is 4.74 Å². The minimum atomic E-state index is -0.386. The second kappa shape index (κ2) is 6.36. The number of ether oxygens (including phenoxy) is 2. The van der Waals surface area contributed by atoms with Crippen LogP contribution in [0.2, 0.25) is 0 Å². The van der Waals surface area contributed by atoms with Crippen molar-refractivity contribution < 1.29 is 19.4 Å². The van der Waals surface area contributed by atoms with E-state index in [0.29, 0.717) is 22.5 Å². The number of carbonyl (C=O) groups is 1. The number of aromatic hydroxyl groups is 1. The Labute approximate surface area is 133 Å². The van der Waals surface area contributed by atoms with Gasteiger partial charge in [-0.05, 0) is 36.4 Å². The van der Waals surface area contributed by atoms with Crippen LogP contribution >= 0.6 is 0 Å². The zero-order valence-corrected chi connectivity index (χ0v) is 12.5. The third-order valence-corrected chi connectivity index (χ3v) is 3.42. The molecule has 3 rings (SSSR count). The molecule has 0 fully saturated rings. The number of pyridine rings is 1. The molecular weight excluding hydrogens is 294 g/mol. The molecule has 0 saturated carbocycles. The molecule has 116 valence electrons. The van der Waals surface area contributed by atoms with Crippen LogP contribution in [-0.4, -0.2) is 23.2 Å². The van der Waals surface area contributed by atoms with Crippen molar-refractivity contribution >= 4 is 16.9 Å². The normalized spacial score (nSPS) is 10.5. The van der Waals surface area contributed by atoms with Crippen LogP contribution in [0.3, 0.4) is 0 Å². The van der Waals surface area contributed by atoms with Crippen molar-refractivity contribution in [2.45, 2.75) is 6.61 Å². The number of carbonyl (C=O) groups excluding carboxylic acids is 1. The fraction of sp³-hybridized carbons (Fsp3) is 0.111. The summed E-state index contributed by atoms with van der Waals surface area (Å²) in [5.74, 6) is 0.381. The van der Waals surface area contributed by atoms with Gasteiger partial charge in [-0.1, -0.05) is 18.2 Å². The number of para-hydroxylation sites is 1. The molecule has 5 heteroatoms. The highest BCUT2D eigenvalue weighted by Crippen LogP contribution is 2.23. The summed E-state index contributed by atoms with van der Waals surface area (Å²) < 4.78 is 10.3. The lowest BCUT2D eigenvalue weighted by Gasteiger charge is -2.08. The topological polar surface area (TPSA) is 68.7 Å². The predicted octanol–water partition coefficient (Wildman–Crippen LogP) is 3.31. The molecule has 5 nitrogen and oxygen atoms in total. The first-order valence-corrected chi connectivity index (χ1v) is 7.06. The number of aromatic nitrogens is 1. The van der Waals surface area contributed by atoms with Gasteiger partial charge in [-0.3, -0.25) is 0 Å². The fourth-order valence-electron chi connectivity index (χ4n) is 2.21. The molecule has 0 aliphatic heterocycles. The maximum Gasteiger partial charge on any atom is 0.337 e. The monoisotopic (exact) mass is 309 g/mol. The van der Waals surface area contributed by atoms with Gasteiger partial charge in [-0.25, -0.2) is 9.78 Å². The van der Waals surface area contributed by atoms with Crippen molar-refractivity contribution in [1.29, 1.82) is 0 Å². The fourth-order valence-corrected chi connectivity index (χ4v) is 2.21. The molecule has 0 atom stereocenters. The smallest absolute Gasteiger partial charge is 0.337 e. The third-order valence-electron chi connectivity index (χ3n) is 3.42. The van der Waals surface area contributed by atoms with Crippen molar-refractivity contribution in [3.05, 3.63) is 65.9 Å².